The number of carbonyl (C=O) groups excluding carboxylic acids is 2. The van der Waals surface area contributed by atoms with E-state index in [9.17, 15) is 39.9 Å². The summed E-state index contributed by atoms with van der Waals surface area (Å²) in [6.45, 7) is 12.7. The number of hydrogen-bond donors (Lipinski definition) is 6. The molecule has 1 aromatic heterocycles. The summed E-state index contributed by atoms with van der Waals surface area (Å²) in [4.78, 5) is 38.1. The second-order valence-electron chi connectivity index (χ2n) is 14.7. The lowest BCUT2D eigenvalue weighted by Crippen LogP contribution is -2.60. The maximum atomic E-state index is 13.2. The fourth-order valence-electron chi connectivity index (χ4n) is 6.41. The lowest BCUT2D eigenvalue weighted by molar-refractivity contribution is -0.314. The molecule has 1 aromatic rings. The first-order valence-corrected chi connectivity index (χ1v) is 18.9. The molecule has 0 aliphatic carbocycles. The van der Waals surface area contributed by atoms with Crippen molar-refractivity contribution < 1.29 is 44.6 Å². The zero-order valence-electron chi connectivity index (χ0n) is 34.1. The van der Waals surface area contributed by atoms with Crippen LogP contribution >= 0.6 is 0 Å². The van der Waals surface area contributed by atoms with Crippen molar-refractivity contribution in [1.29, 1.82) is 0 Å². The Hall–Kier alpha value is -4.43. The SMILES string of the molecule is C/C=C\C=C\[C@@H]1O[C@](O)([C@H](CC)C(=O)NC/C=C\C=C(/C)[C@@H](OC)[C@@H](C)C(O)[C@@H](O)/C=C/C=C\C=C\C=C(/C)C(=O)c2c(O)ccn(C)c2=O)C[C@H](O)C1(C)C. The van der Waals surface area contributed by atoms with Gasteiger partial charge < -0.3 is 44.9 Å². The third-order valence-corrected chi connectivity index (χ3v) is 10.2. The number of aliphatic hydroxyl groups is 4. The highest BCUT2D eigenvalue weighted by atomic mass is 16.6. The van der Waals surface area contributed by atoms with Gasteiger partial charge in [0, 0.05) is 44.7 Å². The molecule has 2 heterocycles. The van der Waals surface area contributed by atoms with Gasteiger partial charge in [0.2, 0.25) is 5.91 Å². The molecule has 0 saturated carbocycles. The predicted octanol–water partition coefficient (Wildman–Crippen LogP) is 4.90. The highest BCUT2D eigenvalue weighted by Crippen LogP contribution is 2.44. The van der Waals surface area contributed by atoms with Crippen molar-refractivity contribution in [2.45, 2.75) is 97.6 Å². The van der Waals surface area contributed by atoms with Gasteiger partial charge in [-0.15, -0.1) is 0 Å². The molecule has 12 nitrogen and oxygen atoms in total. The average Bonchev–Trinajstić information content (AvgIpc) is 3.14. The summed E-state index contributed by atoms with van der Waals surface area (Å²) in [6, 6.07) is 1.29. The quantitative estimate of drug-likeness (QED) is 0.0641. The number of Topliss-reactive ketones (excluding diaryl/α,β-unsaturated/α-hetero) is 1. The third-order valence-electron chi connectivity index (χ3n) is 10.2. The summed E-state index contributed by atoms with van der Waals surface area (Å²) in [5.74, 6) is -4.63. The van der Waals surface area contributed by atoms with Crippen LogP contribution < -0.4 is 10.9 Å². The molecule has 0 aromatic carbocycles. The van der Waals surface area contributed by atoms with E-state index < -0.39 is 70.8 Å². The Morgan fingerprint density at radius 1 is 1.07 bits per heavy atom. The van der Waals surface area contributed by atoms with Crippen LogP contribution in [0.3, 0.4) is 0 Å². The van der Waals surface area contributed by atoms with Crippen LogP contribution in [-0.2, 0) is 21.3 Å². The van der Waals surface area contributed by atoms with Crippen molar-refractivity contribution in [2.75, 3.05) is 13.7 Å². The van der Waals surface area contributed by atoms with Gasteiger partial charge in [0.05, 0.1) is 36.4 Å². The van der Waals surface area contributed by atoms with E-state index in [1.54, 1.807) is 81.5 Å². The van der Waals surface area contributed by atoms with Gasteiger partial charge in [0.25, 0.3) is 5.56 Å². The number of aromatic nitrogens is 1. The number of rotatable bonds is 19. The third kappa shape index (κ3) is 12.8. The molecule has 12 heteroatoms. The smallest absolute Gasteiger partial charge is 0.265 e. The Morgan fingerprint density at radius 3 is 2.38 bits per heavy atom. The molecule has 1 fully saturated rings. The monoisotopic (exact) mass is 778 g/mol. The second-order valence-corrected chi connectivity index (χ2v) is 14.7. The minimum atomic E-state index is -1.85. The van der Waals surface area contributed by atoms with E-state index in [2.05, 4.69) is 5.32 Å². The number of allylic oxidation sites excluding steroid dienone is 12. The van der Waals surface area contributed by atoms with Gasteiger partial charge in [0.1, 0.15) is 11.3 Å². The van der Waals surface area contributed by atoms with Crippen LogP contribution in [-0.4, -0.2) is 91.8 Å². The zero-order valence-corrected chi connectivity index (χ0v) is 34.1. The van der Waals surface area contributed by atoms with Crippen LogP contribution in [0.2, 0.25) is 0 Å². The summed E-state index contributed by atoms with van der Waals surface area (Å²) in [6.07, 6.45) is 20.8. The number of aryl methyl sites for hydroxylation is 1. The van der Waals surface area contributed by atoms with Crippen LogP contribution in [0.15, 0.2) is 113 Å². The molecule has 0 bridgehead atoms. The summed E-state index contributed by atoms with van der Waals surface area (Å²) in [5.41, 5.74) is -0.516. The van der Waals surface area contributed by atoms with E-state index in [0.29, 0.717) is 6.42 Å². The van der Waals surface area contributed by atoms with E-state index in [1.807, 2.05) is 39.8 Å². The van der Waals surface area contributed by atoms with E-state index in [0.717, 1.165) is 5.57 Å². The number of amides is 1. The number of nitrogens with zero attached hydrogens (tertiary/aromatic N) is 1. The summed E-state index contributed by atoms with van der Waals surface area (Å²) in [5, 5.41) is 56.8. The number of aromatic hydroxyl groups is 1. The van der Waals surface area contributed by atoms with Crippen LogP contribution in [0.4, 0.5) is 0 Å². The van der Waals surface area contributed by atoms with Crippen molar-refractivity contribution in [3.05, 3.63) is 124 Å². The maximum absolute atomic E-state index is 13.2. The molecular weight excluding hydrogens is 716 g/mol. The molecule has 0 radical (unpaired) electrons. The molecule has 6 N–H and O–H groups in total. The predicted molar refractivity (Wildman–Crippen MR) is 219 cm³/mol. The fourth-order valence-corrected chi connectivity index (χ4v) is 6.41. The van der Waals surface area contributed by atoms with Crippen molar-refractivity contribution in [3.63, 3.8) is 0 Å². The lowest BCUT2D eigenvalue weighted by Gasteiger charge is -2.50. The number of carbonyl (C=O) groups is 2. The van der Waals surface area contributed by atoms with Gasteiger partial charge in [-0.1, -0.05) is 113 Å². The van der Waals surface area contributed by atoms with E-state index in [4.69, 9.17) is 9.47 Å². The van der Waals surface area contributed by atoms with E-state index in [1.165, 1.54) is 43.1 Å². The standard InChI is InChI=1S/C44H62N2O10/c1-10-12-16-24-36-43(6,7)35(49)28-44(54,56-36)32(11-2)41(52)45-26-20-19-22-30(4)40(55-9)31(5)39(51)34(48)23-18-15-13-14-17-21-29(3)38(50)37-33(47)25-27-46(8)42(37)53/h10,12-25,27,31-32,34-36,39-40,47-49,51,54H,11,26,28H2,1-9H3,(H,45,52)/b12-10-,15-13-,17-14+,20-19-,23-18+,24-16+,29-21+,30-22+/t31-,32+,34-,35-,36-,39?,40+,44-/m0/s1. The summed E-state index contributed by atoms with van der Waals surface area (Å²) < 4.78 is 13.0. The molecule has 308 valence electrons. The zero-order chi connectivity index (χ0) is 42.2. The van der Waals surface area contributed by atoms with E-state index in [-0.39, 0.29) is 29.9 Å². The molecule has 0 spiro atoms. The van der Waals surface area contributed by atoms with Gasteiger partial charge in [-0.2, -0.15) is 0 Å². The molecule has 2 rings (SSSR count). The van der Waals surface area contributed by atoms with Gasteiger partial charge in [-0.05, 0) is 44.4 Å². The normalized spacial score (nSPS) is 23.8. The van der Waals surface area contributed by atoms with Crippen molar-refractivity contribution in [3.8, 4) is 5.75 Å². The van der Waals surface area contributed by atoms with E-state index >= 15 is 0 Å². The second kappa shape index (κ2) is 22.3. The van der Waals surface area contributed by atoms with Crippen LogP contribution in [0.25, 0.3) is 0 Å². The Bertz CT molecular complexity index is 1780. The Labute approximate surface area is 331 Å². The van der Waals surface area contributed by atoms with Crippen molar-refractivity contribution in [2.24, 2.45) is 24.3 Å². The largest absolute Gasteiger partial charge is 0.507 e. The number of methoxy groups -OCH3 is 1. The van der Waals surface area contributed by atoms with Gasteiger partial charge >= 0.3 is 0 Å². The Kier molecular flexibility index (Phi) is 19.0. The first kappa shape index (κ1) is 47.7. The van der Waals surface area contributed by atoms with Crippen LogP contribution in [0, 0.1) is 17.3 Å². The lowest BCUT2D eigenvalue weighted by atomic mass is 9.72. The molecule has 1 aliphatic rings. The molecule has 56 heavy (non-hydrogen) atoms. The average molecular weight is 779 g/mol. The molecule has 8 atom stereocenters. The molecule has 1 unspecified atom stereocenters. The first-order valence-electron chi connectivity index (χ1n) is 18.9. The summed E-state index contributed by atoms with van der Waals surface area (Å²) in [7, 11) is 3.01. The fraction of sp³-hybridized carbons (Fsp3) is 0.477. The van der Waals surface area contributed by atoms with Crippen molar-refractivity contribution in [1.82, 2.24) is 9.88 Å². The minimum absolute atomic E-state index is 0.102. The molecular formula is C44H62N2O10. The summed E-state index contributed by atoms with van der Waals surface area (Å²) >= 11 is 0. The topological polar surface area (TPSA) is 188 Å². The molecule has 1 aliphatic heterocycles. The number of hydrogen-bond acceptors (Lipinski definition) is 10. The number of ketones is 1. The minimum Gasteiger partial charge on any atom is -0.507 e. The molecule has 1 amide bonds. The maximum Gasteiger partial charge on any atom is 0.265 e. The van der Waals surface area contributed by atoms with Crippen molar-refractivity contribution >= 4 is 11.7 Å². The molecule has 1 saturated heterocycles. The van der Waals surface area contributed by atoms with Crippen LogP contribution in [0.1, 0.15) is 71.7 Å². The Morgan fingerprint density at radius 2 is 1.73 bits per heavy atom. The highest BCUT2D eigenvalue weighted by Gasteiger charge is 2.54. The van der Waals surface area contributed by atoms with Crippen LogP contribution in [0.5, 0.6) is 5.75 Å². The first-order chi connectivity index (χ1) is 26.4. The number of pyridine rings is 1. The van der Waals surface area contributed by atoms with Gasteiger partial charge in [-0.3, -0.25) is 14.4 Å². The number of ether oxygens (including phenoxy) is 2. The Balaban J connectivity index is 1.96. The van der Waals surface area contributed by atoms with Gasteiger partial charge in [-0.25, -0.2) is 0 Å². The number of nitrogens with one attached hydrogen (secondary N) is 1. The highest BCUT2D eigenvalue weighted by molar-refractivity contribution is 6.09. The number of aliphatic hydroxyl groups excluding tert-OH is 3. The van der Waals surface area contributed by atoms with Gasteiger partial charge in [0.15, 0.2) is 11.6 Å².